The number of aliphatic hydroxyl groups excluding tert-OH is 1. The van der Waals surface area contributed by atoms with Crippen molar-refractivity contribution in [1.29, 1.82) is 0 Å². The van der Waals surface area contributed by atoms with Gasteiger partial charge in [-0.3, -0.25) is 4.79 Å². The molecule has 0 radical (unpaired) electrons. The van der Waals surface area contributed by atoms with Gasteiger partial charge >= 0.3 is 0 Å². The lowest BCUT2D eigenvalue weighted by atomic mass is 10.0. The molecule has 1 aromatic carbocycles. The number of nitrogens with one attached hydrogen (secondary N) is 1. The molecule has 2 N–H and O–H groups in total. The summed E-state index contributed by atoms with van der Waals surface area (Å²) < 4.78 is 24.5. The third-order valence-electron chi connectivity index (χ3n) is 5.24. The minimum atomic E-state index is -0.644. The van der Waals surface area contributed by atoms with Crippen LogP contribution in [0.3, 0.4) is 0 Å². The Balaban J connectivity index is 1.64. The molecule has 2 aromatic rings. The maximum absolute atomic E-state index is 13.2. The molecule has 2 aliphatic heterocycles. The van der Waals surface area contributed by atoms with E-state index in [-0.39, 0.29) is 24.0 Å². The molecule has 1 saturated heterocycles. The second-order valence-electron chi connectivity index (χ2n) is 7.40. The predicted molar refractivity (Wildman–Crippen MR) is 105 cm³/mol. The molecule has 0 bridgehead atoms. The first-order valence-corrected chi connectivity index (χ1v) is 9.70. The molecule has 0 aliphatic carbocycles. The highest BCUT2D eigenvalue weighted by Crippen LogP contribution is 2.34. The number of aromatic nitrogens is 1. The van der Waals surface area contributed by atoms with Gasteiger partial charge in [0.05, 0.1) is 25.3 Å². The number of rotatable bonds is 4. The zero-order valence-corrected chi connectivity index (χ0v) is 16.2. The molecular formula is C21H24FN3O4. The number of likely N-dealkylation sites (N-methyl/N-ethyl adjacent to an activating group) is 1. The Labute approximate surface area is 168 Å². The van der Waals surface area contributed by atoms with Crippen LogP contribution in [0.25, 0.3) is 0 Å². The van der Waals surface area contributed by atoms with Crippen LogP contribution in [-0.4, -0.2) is 61.6 Å². The first-order valence-electron chi connectivity index (χ1n) is 9.70. The van der Waals surface area contributed by atoms with E-state index in [1.807, 2.05) is 11.9 Å². The van der Waals surface area contributed by atoms with Gasteiger partial charge in [0.15, 0.2) is 11.6 Å². The van der Waals surface area contributed by atoms with E-state index in [1.54, 1.807) is 18.2 Å². The van der Waals surface area contributed by atoms with Crippen molar-refractivity contribution in [3.8, 4) is 5.75 Å². The molecule has 8 heteroatoms. The van der Waals surface area contributed by atoms with Crippen molar-refractivity contribution in [2.75, 3.05) is 38.3 Å². The van der Waals surface area contributed by atoms with E-state index in [0.717, 1.165) is 11.1 Å². The Hall–Kier alpha value is -2.71. The lowest BCUT2D eigenvalue weighted by molar-refractivity contribution is -0.0140. The molecule has 3 heterocycles. The largest absolute Gasteiger partial charge is 0.488 e. The number of amides is 1. The van der Waals surface area contributed by atoms with Gasteiger partial charge in [-0.1, -0.05) is 12.1 Å². The zero-order chi connectivity index (χ0) is 20.4. The second-order valence-corrected chi connectivity index (χ2v) is 7.40. The van der Waals surface area contributed by atoms with Gasteiger partial charge in [-0.25, -0.2) is 9.37 Å². The number of carbonyl (C=O) groups excluding carboxylic acids is 1. The number of pyridine rings is 1. The van der Waals surface area contributed by atoms with E-state index in [2.05, 4.69) is 10.3 Å². The lowest BCUT2D eigenvalue weighted by Gasteiger charge is -2.30. The summed E-state index contributed by atoms with van der Waals surface area (Å²) in [5.74, 6) is 0.568. The molecule has 29 heavy (non-hydrogen) atoms. The Morgan fingerprint density at radius 2 is 2.14 bits per heavy atom. The summed E-state index contributed by atoms with van der Waals surface area (Å²) in [7, 11) is 1.90. The number of carbonyl (C=O) groups is 1. The fourth-order valence-electron chi connectivity index (χ4n) is 3.55. The van der Waals surface area contributed by atoms with Crippen molar-refractivity contribution >= 4 is 11.7 Å². The van der Waals surface area contributed by atoms with Crippen LogP contribution in [0.1, 0.15) is 28.0 Å². The summed E-state index contributed by atoms with van der Waals surface area (Å²) >= 11 is 0. The van der Waals surface area contributed by atoms with Gasteiger partial charge in [-0.2, -0.15) is 0 Å². The van der Waals surface area contributed by atoms with Crippen LogP contribution in [-0.2, 0) is 11.2 Å². The molecule has 1 aromatic heterocycles. The minimum absolute atomic E-state index is 0.246. The summed E-state index contributed by atoms with van der Waals surface area (Å²) in [5.41, 5.74) is 1.95. The summed E-state index contributed by atoms with van der Waals surface area (Å²) in [6, 6.07) is 7.48. The summed E-state index contributed by atoms with van der Waals surface area (Å²) in [5, 5.41) is 12.9. The van der Waals surface area contributed by atoms with E-state index in [0.29, 0.717) is 44.2 Å². The van der Waals surface area contributed by atoms with Gasteiger partial charge in [-0.05, 0) is 30.2 Å². The zero-order valence-electron chi connectivity index (χ0n) is 16.2. The van der Waals surface area contributed by atoms with Crippen LogP contribution >= 0.6 is 0 Å². The molecule has 1 fully saturated rings. The van der Waals surface area contributed by atoms with E-state index < -0.39 is 12.1 Å². The van der Waals surface area contributed by atoms with Crippen LogP contribution < -0.4 is 15.0 Å². The average Bonchev–Trinajstić information content (AvgIpc) is 2.72. The highest BCUT2D eigenvalue weighted by molar-refractivity contribution is 5.93. The molecule has 154 valence electrons. The van der Waals surface area contributed by atoms with E-state index in [1.165, 1.54) is 12.1 Å². The molecule has 0 saturated carbocycles. The summed E-state index contributed by atoms with van der Waals surface area (Å²) in [6.45, 7) is 1.94. The van der Waals surface area contributed by atoms with Gasteiger partial charge < -0.3 is 24.8 Å². The van der Waals surface area contributed by atoms with Crippen LogP contribution in [0.15, 0.2) is 30.3 Å². The highest BCUT2D eigenvalue weighted by atomic mass is 19.1. The first-order chi connectivity index (χ1) is 14.0. The molecule has 7 nitrogen and oxygen atoms in total. The molecule has 0 spiro atoms. The standard InChI is InChI=1S/C21H24FN3O4/c1-25-7-9-29-19-14(10-13-2-4-15(22)5-3-13)11-16(23-20(19)25)21(27)24-17-12-28-8-6-18(17)26/h2-5,11,17-18,26H,6-10,12H2,1H3,(H,24,27)/t17-,18-/m0/s1. The lowest BCUT2D eigenvalue weighted by Crippen LogP contribution is -2.49. The predicted octanol–water partition coefficient (Wildman–Crippen LogP) is 1.52. The van der Waals surface area contributed by atoms with Crippen molar-refractivity contribution < 1.29 is 23.8 Å². The first kappa shape index (κ1) is 19.6. The highest BCUT2D eigenvalue weighted by Gasteiger charge is 2.28. The number of hydrogen-bond acceptors (Lipinski definition) is 6. The smallest absolute Gasteiger partial charge is 0.270 e. The number of fused-ring (bicyclic) bond motifs is 1. The van der Waals surface area contributed by atoms with Crippen LogP contribution in [0.4, 0.5) is 10.2 Å². The Morgan fingerprint density at radius 1 is 1.34 bits per heavy atom. The quantitative estimate of drug-likeness (QED) is 0.808. The fourth-order valence-corrected chi connectivity index (χ4v) is 3.55. The van der Waals surface area contributed by atoms with Gasteiger partial charge in [0.1, 0.15) is 18.1 Å². The Morgan fingerprint density at radius 3 is 2.90 bits per heavy atom. The van der Waals surface area contributed by atoms with Crippen LogP contribution in [0.5, 0.6) is 5.75 Å². The molecular weight excluding hydrogens is 377 g/mol. The van der Waals surface area contributed by atoms with Crippen LogP contribution in [0, 0.1) is 5.82 Å². The molecule has 2 atom stereocenters. The van der Waals surface area contributed by atoms with Crippen molar-refractivity contribution in [2.45, 2.75) is 25.0 Å². The van der Waals surface area contributed by atoms with Crippen LogP contribution in [0.2, 0.25) is 0 Å². The number of halogens is 1. The van der Waals surface area contributed by atoms with Gasteiger partial charge in [0, 0.05) is 25.6 Å². The summed E-state index contributed by atoms with van der Waals surface area (Å²) in [4.78, 5) is 19.3. The number of nitrogens with zero attached hydrogens (tertiary/aromatic N) is 2. The number of anilines is 1. The third kappa shape index (κ3) is 4.33. The number of ether oxygens (including phenoxy) is 2. The van der Waals surface area contributed by atoms with E-state index >= 15 is 0 Å². The van der Waals surface area contributed by atoms with Crippen molar-refractivity contribution in [1.82, 2.24) is 10.3 Å². The second kappa shape index (κ2) is 8.34. The monoisotopic (exact) mass is 401 g/mol. The van der Waals surface area contributed by atoms with Gasteiger partial charge in [0.2, 0.25) is 0 Å². The van der Waals surface area contributed by atoms with Crippen molar-refractivity contribution in [2.24, 2.45) is 0 Å². The van der Waals surface area contributed by atoms with Crippen molar-refractivity contribution in [3.05, 3.63) is 53.0 Å². The molecule has 0 unspecified atom stereocenters. The topological polar surface area (TPSA) is 83.9 Å². The molecule has 1 amide bonds. The van der Waals surface area contributed by atoms with E-state index in [4.69, 9.17) is 9.47 Å². The van der Waals surface area contributed by atoms with Gasteiger partial charge in [0.25, 0.3) is 5.91 Å². The number of aliphatic hydroxyl groups is 1. The van der Waals surface area contributed by atoms with Crippen molar-refractivity contribution in [3.63, 3.8) is 0 Å². The molecule has 4 rings (SSSR count). The third-order valence-corrected chi connectivity index (χ3v) is 5.24. The maximum atomic E-state index is 13.2. The number of benzene rings is 1. The Kier molecular flexibility index (Phi) is 5.64. The SMILES string of the molecule is CN1CCOc2c(Cc3ccc(F)cc3)cc(C(=O)N[C@H]3COCC[C@@H]3O)nc21. The van der Waals surface area contributed by atoms with Gasteiger partial charge in [-0.15, -0.1) is 0 Å². The number of hydrogen-bond donors (Lipinski definition) is 2. The fraction of sp³-hybridized carbons (Fsp3) is 0.429. The average molecular weight is 401 g/mol. The Bertz CT molecular complexity index is 890. The normalized spacial score (nSPS) is 21.3. The minimum Gasteiger partial charge on any atom is -0.488 e. The summed E-state index contributed by atoms with van der Waals surface area (Å²) in [6.07, 6.45) is 0.318. The maximum Gasteiger partial charge on any atom is 0.270 e. The molecule has 2 aliphatic rings. The van der Waals surface area contributed by atoms with E-state index in [9.17, 15) is 14.3 Å².